The fraction of sp³-hybridized carbons (Fsp3) is 0.333. The average Bonchev–Trinajstić information content (AvgIpc) is 3.04. The number of esters is 1. The summed E-state index contributed by atoms with van der Waals surface area (Å²) in [5.74, 6) is -0.362. The normalized spacial score (nSPS) is 11.0. The van der Waals surface area contributed by atoms with Gasteiger partial charge in [0.15, 0.2) is 0 Å². The summed E-state index contributed by atoms with van der Waals surface area (Å²) in [5.41, 5.74) is 0.480. The van der Waals surface area contributed by atoms with Gasteiger partial charge in [0.1, 0.15) is 6.61 Å². The lowest BCUT2D eigenvalue weighted by molar-refractivity contribution is -0.145. The van der Waals surface area contributed by atoms with Gasteiger partial charge >= 0.3 is 11.7 Å². The van der Waals surface area contributed by atoms with Gasteiger partial charge in [0.05, 0.1) is 20.9 Å². The average molecular weight is 373 g/mol. The molecule has 0 aliphatic rings. The second-order valence-electron chi connectivity index (χ2n) is 5.96. The molecule has 0 unspecified atom stereocenters. The largest absolute Gasteiger partial charge is 0.459 e. The van der Waals surface area contributed by atoms with E-state index in [1.54, 1.807) is 11.3 Å². The van der Waals surface area contributed by atoms with Gasteiger partial charge in [-0.25, -0.2) is 9.78 Å². The molecule has 2 aromatic heterocycles. The van der Waals surface area contributed by atoms with Crippen molar-refractivity contribution in [3.63, 3.8) is 0 Å². The highest BCUT2D eigenvalue weighted by atomic mass is 32.1. The summed E-state index contributed by atoms with van der Waals surface area (Å²) in [6.07, 6.45) is 1.60. The number of fused-ring (bicyclic) bond motifs is 1. The topological polar surface area (TPSA) is 83.2 Å². The Hall–Kier alpha value is -2.74. The first-order valence-corrected chi connectivity index (χ1v) is 9.03. The fourth-order valence-electron chi connectivity index (χ4n) is 2.55. The van der Waals surface area contributed by atoms with Crippen LogP contribution in [0, 0.1) is 0 Å². The number of benzene rings is 1. The van der Waals surface area contributed by atoms with Crippen LogP contribution < -0.4 is 11.2 Å². The number of hydrogen-bond acceptors (Lipinski definition) is 6. The molecule has 0 spiro atoms. The van der Waals surface area contributed by atoms with Crippen molar-refractivity contribution in [2.75, 3.05) is 0 Å². The van der Waals surface area contributed by atoms with E-state index in [1.807, 2.05) is 24.3 Å². The molecule has 26 heavy (non-hydrogen) atoms. The highest BCUT2D eigenvalue weighted by molar-refractivity contribution is 7.18. The molecule has 0 saturated heterocycles. The standard InChI is InChI=1S/C18H19N3O4S/c1-20-12(10-16(22)21(2)18(20)24)11-25-17(23)9-5-8-15-19-13-6-3-4-7-14(13)26-15/h3-4,6-7,10H,5,8-9,11H2,1-2H3. The van der Waals surface area contributed by atoms with E-state index in [2.05, 4.69) is 4.98 Å². The number of aryl methyl sites for hydroxylation is 1. The van der Waals surface area contributed by atoms with Gasteiger partial charge in [0, 0.05) is 26.6 Å². The summed E-state index contributed by atoms with van der Waals surface area (Å²) < 4.78 is 8.63. The van der Waals surface area contributed by atoms with Crippen molar-refractivity contribution in [2.45, 2.75) is 25.9 Å². The molecule has 2 heterocycles. The predicted molar refractivity (Wildman–Crippen MR) is 99.3 cm³/mol. The lowest BCUT2D eigenvalue weighted by Crippen LogP contribution is -2.38. The third-order valence-corrected chi connectivity index (χ3v) is 5.21. The van der Waals surface area contributed by atoms with Crippen LogP contribution in [-0.4, -0.2) is 20.1 Å². The van der Waals surface area contributed by atoms with Gasteiger partial charge in [0.2, 0.25) is 0 Å². The van der Waals surface area contributed by atoms with Gasteiger partial charge in [0.25, 0.3) is 5.56 Å². The fourth-order valence-corrected chi connectivity index (χ4v) is 3.56. The molecule has 7 nitrogen and oxygen atoms in total. The predicted octanol–water partition coefficient (Wildman–Crippen LogP) is 1.76. The van der Waals surface area contributed by atoms with E-state index in [0.717, 1.165) is 19.8 Å². The van der Waals surface area contributed by atoms with Crippen LogP contribution in [0.1, 0.15) is 23.5 Å². The molecule has 0 bridgehead atoms. The van der Waals surface area contributed by atoms with Crippen LogP contribution in [0.4, 0.5) is 0 Å². The summed E-state index contributed by atoms with van der Waals surface area (Å²) in [7, 11) is 2.95. The van der Waals surface area contributed by atoms with E-state index >= 15 is 0 Å². The molecule has 0 atom stereocenters. The van der Waals surface area contributed by atoms with Crippen LogP contribution in [0.5, 0.6) is 0 Å². The van der Waals surface area contributed by atoms with Crippen LogP contribution in [-0.2, 0) is 36.7 Å². The molecule has 0 amide bonds. The minimum atomic E-state index is -0.445. The van der Waals surface area contributed by atoms with Crippen LogP contribution in [0.3, 0.4) is 0 Å². The molecule has 3 aromatic rings. The third kappa shape index (κ3) is 3.91. The maximum atomic E-state index is 11.9. The lowest BCUT2D eigenvalue weighted by Gasteiger charge is -2.10. The van der Waals surface area contributed by atoms with Crippen LogP contribution in [0.15, 0.2) is 39.9 Å². The number of carbonyl (C=O) groups is 1. The Kier molecular flexibility index (Phi) is 5.32. The van der Waals surface area contributed by atoms with E-state index in [1.165, 1.54) is 24.7 Å². The zero-order valence-electron chi connectivity index (χ0n) is 14.6. The minimum absolute atomic E-state index is 0.0954. The highest BCUT2D eigenvalue weighted by Gasteiger charge is 2.10. The molecule has 1 aromatic carbocycles. The van der Waals surface area contributed by atoms with Crippen LogP contribution in [0.2, 0.25) is 0 Å². The number of hydrogen-bond donors (Lipinski definition) is 0. The van der Waals surface area contributed by atoms with E-state index in [0.29, 0.717) is 18.5 Å². The smallest absolute Gasteiger partial charge is 0.330 e. The summed E-state index contributed by atoms with van der Waals surface area (Å²) >= 11 is 1.63. The summed E-state index contributed by atoms with van der Waals surface area (Å²) in [4.78, 5) is 40.0. The molecule has 0 aliphatic heterocycles. The molecule has 0 aliphatic carbocycles. The van der Waals surface area contributed by atoms with Gasteiger partial charge in [-0.15, -0.1) is 11.3 Å². The number of carbonyl (C=O) groups excluding carboxylic acids is 1. The van der Waals surface area contributed by atoms with E-state index in [9.17, 15) is 14.4 Å². The van der Waals surface area contributed by atoms with Crippen LogP contribution >= 0.6 is 11.3 Å². The monoisotopic (exact) mass is 373 g/mol. The first-order chi connectivity index (χ1) is 12.5. The Balaban J connectivity index is 1.52. The summed E-state index contributed by atoms with van der Waals surface area (Å²) in [5, 5.41) is 0.993. The van der Waals surface area contributed by atoms with Gasteiger partial charge in [-0.05, 0) is 25.0 Å². The second-order valence-corrected chi connectivity index (χ2v) is 7.08. The van der Waals surface area contributed by atoms with Crippen molar-refractivity contribution in [1.29, 1.82) is 0 Å². The Morgan fingerprint density at radius 3 is 2.73 bits per heavy atom. The first-order valence-electron chi connectivity index (χ1n) is 8.21. The lowest BCUT2D eigenvalue weighted by atomic mass is 10.2. The number of aromatic nitrogens is 3. The molecule has 136 valence electrons. The zero-order valence-corrected chi connectivity index (χ0v) is 15.4. The summed E-state index contributed by atoms with van der Waals surface area (Å²) in [6.45, 7) is -0.0954. The molecule has 0 radical (unpaired) electrons. The van der Waals surface area contributed by atoms with Crippen molar-refractivity contribution in [3.8, 4) is 0 Å². The quantitative estimate of drug-likeness (QED) is 0.615. The van der Waals surface area contributed by atoms with Gasteiger partial charge in [-0.1, -0.05) is 12.1 Å². The van der Waals surface area contributed by atoms with Crippen molar-refractivity contribution < 1.29 is 9.53 Å². The maximum Gasteiger partial charge on any atom is 0.330 e. The SMILES string of the molecule is Cn1c(COC(=O)CCCc2nc3ccccc3s2)cc(=O)n(C)c1=O. The van der Waals surface area contributed by atoms with E-state index < -0.39 is 11.2 Å². The summed E-state index contributed by atoms with van der Waals surface area (Å²) in [6, 6.07) is 9.23. The van der Waals surface area contributed by atoms with E-state index in [4.69, 9.17) is 4.74 Å². The van der Waals surface area contributed by atoms with Crippen molar-refractivity contribution in [1.82, 2.24) is 14.1 Å². The van der Waals surface area contributed by atoms with Crippen molar-refractivity contribution in [3.05, 3.63) is 61.9 Å². The number of ether oxygens (including phenoxy) is 1. The van der Waals surface area contributed by atoms with Gasteiger partial charge in [-0.3, -0.25) is 18.7 Å². The minimum Gasteiger partial charge on any atom is -0.459 e. The molecule has 0 N–H and O–H groups in total. The third-order valence-electron chi connectivity index (χ3n) is 4.12. The number of nitrogens with zero attached hydrogens (tertiary/aromatic N) is 3. The Morgan fingerprint density at radius 1 is 1.19 bits per heavy atom. The van der Waals surface area contributed by atoms with E-state index in [-0.39, 0.29) is 19.0 Å². The van der Waals surface area contributed by atoms with Crippen LogP contribution in [0.25, 0.3) is 10.2 Å². The van der Waals surface area contributed by atoms with Crippen molar-refractivity contribution >= 4 is 27.5 Å². The molecule has 0 fully saturated rings. The number of para-hydroxylation sites is 1. The molecule has 8 heteroatoms. The van der Waals surface area contributed by atoms with Crippen molar-refractivity contribution in [2.24, 2.45) is 14.1 Å². The zero-order chi connectivity index (χ0) is 18.7. The molecule has 0 saturated carbocycles. The number of thiazole rings is 1. The highest BCUT2D eigenvalue weighted by Crippen LogP contribution is 2.22. The Labute approximate surface area is 153 Å². The van der Waals surface area contributed by atoms with Gasteiger partial charge < -0.3 is 4.74 Å². The number of rotatable bonds is 6. The maximum absolute atomic E-state index is 11.9. The second kappa shape index (κ2) is 7.65. The molecular weight excluding hydrogens is 354 g/mol. The molecular formula is C18H19N3O4S. The Morgan fingerprint density at radius 2 is 1.96 bits per heavy atom. The van der Waals surface area contributed by atoms with Gasteiger partial charge in [-0.2, -0.15) is 0 Å². The first kappa shape index (κ1) is 18.1. The molecule has 3 rings (SSSR count). The Bertz CT molecular complexity index is 1030.